The Balaban J connectivity index is 1.62. The van der Waals surface area contributed by atoms with Gasteiger partial charge in [-0.3, -0.25) is 0 Å². The lowest BCUT2D eigenvalue weighted by Crippen LogP contribution is -2.18. The Morgan fingerprint density at radius 1 is 0.317 bits per heavy atom. The molecule has 0 saturated heterocycles. The standard InChI is InChI=1S/C39H28P2/c1-5-17-30(18-6-1)40(31-19-7-2-8-20-31)39(41(32-21-9-3-10-22-32)33-23-11-4-12-24-33)29-38-36-27-15-13-25-34(36)35-26-14-16-28-37(35)38/h1-28H. The molecule has 0 radical (unpaired) electrons. The van der Waals surface area contributed by atoms with Crippen LogP contribution in [0.3, 0.4) is 0 Å². The minimum Gasteiger partial charge on any atom is -0.101 e. The summed E-state index contributed by atoms with van der Waals surface area (Å²) in [6.45, 7) is 0. The molecule has 0 atom stereocenters. The van der Waals surface area contributed by atoms with Gasteiger partial charge in [-0.25, -0.2) is 0 Å². The van der Waals surface area contributed by atoms with Crippen molar-refractivity contribution in [2.45, 2.75) is 0 Å². The summed E-state index contributed by atoms with van der Waals surface area (Å²) in [4.78, 5) is 0. The van der Waals surface area contributed by atoms with Gasteiger partial charge in [-0.15, -0.1) is 5.73 Å². The second-order valence-electron chi connectivity index (χ2n) is 9.93. The van der Waals surface area contributed by atoms with Crippen molar-refractivity contribution in [3.8, 4) is 11.1 Å². The van der Waals surface area contributed by atoms with Crippen LogP contribution in [0.4, 0.5) is 0 Å². The van der Waals surface area contributed by atoms with E-state index in [1.165, 1.54) is 54.1 Å². The second kappa shape index (κ2) is 11.7. The summed E-state index contributed by atoms with van der Waals surface area (Å²) in [5.74, 6) is 0. The molecule has 0 aliphatic heterocycles. The Kier molecular flexibility index (Phi) is 7.30. The zero-order valence-electron chi connectivity index (χ0n) is 22.6. The van der Waals surface area contributed by atoms with E-state index in [0.717, 1.165) is 0 Å². The molecule has 6 aromatic rings. The molecule has 0 saturated carbocycles. The van der Waals surface area contributed by atoms with Crippen LogP contribution < -0.4 is 21.2 Å². The van der Waals surface area contributed by atoms with E-state index in [1.807, 2.05) is 0 Å². The number of fused-ring (bicyclic) bond motifs is 3. The Morgan fingerprint density at radius 3 is 0.902 bits per heavy atom. The van der Waals surface area contributed by atoms with E-state index in [4.69, 9.17) is 0 Å². The zero-order valence-corrected chi connectivity index (χ0v) is 24.3. The monoisotopic (exact) mass is 558 g/mol. The maximum absolute atomic E-state index is 4.21. The van der Waals surface area contributed by atoms with Crippen LogP contribution in [0.25, 0.3) is 16.7 Å². The van der Waals surface area contributed by atoms with Crippen LogP contribution in [0.15, 0.2) is 181 Å². The number of rotatable bonds is 6. The lowest BCUT2D eigenvalue weighted by Gasteiger charge is -2.28. The topological polar surface area (TPSA) is 0 Å². The maximum Gasteiger partial charge on any atom is 0.0369 e. The summed E-state index contributed by atoms with van der Waals surface area (Å²) >= 11 is 0. The fraction of sp³-hybridized carbons (Fsp3) is 0. The highest BCUT2D eigenvalue weighted by Crippen LogP contribution is 2.60. The molecule has 0 heterocycles. The summed E-state index contributed by atoms with van der Waals surface area (Å²) in [5.41, 5.74) is 10.5. The van der Waals surface area contributed by atoms with Gasteiger partial charge in [0.15, 0.2) is 0 Å². The van der Waals surface area contributed by atoms with Crippen LogP contribution in [-0.4, -0.2) is 0 Å². The predicted molar refractivity (Wildman–Crippen MR) is 180 cm³/mol. The molecule has 0 amide bonds. The molecular formula is C39H28P2. The number of hydrogen-bond acceptors (Lipinski definition) is 0. The Labute approximate surface area is 244 Å². The number of hydrogen-bond donors (Lipinski definition) is 0. The first-order valence-electron chi connectivity index (χ1n) is 13.9. The second-order valence-corrected chi connectivity index (χ2v) is 14.6. The van der Waals surface area contributed by atoms with Crippen molar-refractivity contribution in [3.05, 3.63) is 192 Å². The van der Waals surface area contributed by atoms with E-state index in [9.17, 15) is 0 Å². The zero-order chi connectivity index (χ0) is 27.4. The summed E-state index contributed by atoms with van der Waals surface area (Å²) in [6, 6.07) is 61.8. The smallest absolute Gasteiger partial charge is 0.0369 e. The number of benzene rings is 6. The summed E-state index contributed by atoms with van der Waals surface area (Å²) in [5, 5.41) is 6.74. The third-order valence-electron chi connectivity index (χ3n) is 7.40. The van der Waals surface area contributed by atoms with Crippen molar-refractivity contribution in [2.75, 3.05) is 0 Å². The molecule has 6 aromatic carbocycles. The van der Waals surface area contributed by atoms with Crippen molar-refractivity contribution >= 4 is 42.6 Å². The highest BCUT2D eigenvalue weighted by molar-refractivity contribution is 7.94. The molecule has 0 bridgehead atoms. The fourth-order valence-corrected chi connectivity index (χ4v) is 11.7. The molecule has 194 valence electrons. The Morgan fingerprint density at radius 2 is 0.585 bits per heavy atom. The summed E-state index contributed by atoms with van der Waals surface area (Å²) in [6.07, 6.45) is 0. The highest BCUT2D eigenvalue weighted by atomic mass is 31.2. The van der Waals surface area contributed by atoms with Crippen LogP contribution >= 0.6 is 15.8 Å². The normalized spacial score (nSPS) is 11.7. The molecule has 0 N–H and O–H groups in total. The van der Waals surface area contributed by atoms with Crippen LogP contribution in [0.2, 0.25) is 0 Å². The molecule has 41 heavy (non-hydrogen) atoms. The van der Waals surface area contributed by atoms with E-state index < -0.39 is 15.8 Å². The minimum absolute atomic E-state index is 0.882. The molecule has 2 heteroatoms. The quantitative estimate of drug-likeness (QED) is 0.141. The summed E-state index contributed by atoms with van der Waals surface area (Å²) in [7, 11) is -1.76. The van der Waals surface area contributed by atoms with E-state index in [-0.39, 0.29) is 0 Å². The molecular weight excluding hydrogens is 530 g/mol. The molecule has 0 aromatic heterocycles. The highest BCUT2D eigenvalue weighted by Gasteiger charge is 2.30. The molecule has 0 nitrogen and oxygen atoms in total. The molecule has 0 fully saturated rings. The van der Waals surface area contributed by atoms with Gasteiger partial charge in [0.05, 0.1) is 0 Å². The lowest BCUT2D eigenvalue weighted by molar-refractivity contribution is 1.65. The van der Waals surface area contributed by atoms with Gasteiger partial charge in [-0.05, 0) is 59.3 Å². The van der Waals surface area contributed by atoms with Crippen LogP contribution in [-0.2, 0) is 0 Å². The van der Waals surface area contributed by atoms with Crippen molar-refractivity contribution in [2.24, 2.45) is 0 Å². The molecule has 7 rings (SSSR count). The predicted octanol–water partition coefficient (Wildman–Crippen LogP) is 8.80. The van der Waals surface area contributed by atoms with Crippen LogP contribution in [0.1, 0.15) is 11.1 Å². The van der Waals surface area contributed by atoms with Gasteiger partial charge in [0, 0.05) is 10.6 Å². The van der Waals surface area contributed by atoms with Gasteiger partial charge in [0.1, 0.15) is 0 Å². The lowest BCUT2D eigenvalue weighted by atomic mass is 10.1. The molecule has 0 unspecified atom stereocenters. The third kappa shape index (κ3) is 5.04. The average Bonchev–Trinajstić information content (AvgIpc) is 3.37. The largest absolute Gasteiger partial charge is 0.101 e. The first-order chi connectivity index (χ1) is 20.4. The first-order valence-corrected chi connectivity index (χ1v) is 16.6. The van der Waals surface area contributed by atoms with Gasteiger partial charge in [-0.1, -0.05) is 170 Å². The average molecular weight is 559 g/mol. The third-order valence-corrected chi connectivity index (χ3v) is 12.9. The SMILES string of the molecule is C(=C1c2ccccc2-c2ccccc21)=C(P(c1ccccc1)c1ccccc1)P(c1ccccc1)c1ccccc1. The van der Waals surface area contributed by atoms with Crippen LogP contribution in [0, 0.1) is 0 Å². The Bertz CT molecular complexity index is 1640. The fourth-order valence-electron chi connectivity index (χ4n) is 5.57. The molecule has 1 aliphatic rings. The van der Waals surface area contributed by atoms with Crippen molar-refractivity contribution < 1.29 is 0 Å². The van der Waals surface area contributed by atoms with E-state index in [1.54, 1.807) is 0 Å². The van der Waals surface area contributed by atoms with Gasteiger partial charge >= 0.3 is 0 Å². The Hall–Kier alpha value is -4.30. The van der Waals surface area contributed by atoms with E-state index in [2.05, 4.69) is 176 Å². The van der Waals surface area contributed by atoms with Crippen molar-refractivity contribution in [1.82, 2.24) is 0 Å². The van der Waals surface area contributed by atoms with E-state index >= 15 is 0 Å². The first kappa shape index (κ1) is 25.7. The van der Waals surface area contributed by atoms with Gasteiger partial charge in [0.2, 0.25) is 0 Å². The van der Waals surface area contributed by atoms with Crippen molar-refractivity contribution in [3.63, 3.8) is 0 Å². The molecule has 0 spiro atoms. The maximum atomic E-state index is 4.21. The van der Waals surface area contributed by atoms with E-state index in [0.29, 0.717) is 0 Å². The minimum atomic E-state index is -0.882. The van der Waals surface area contributed by atoms with Crippen molar-refractivity contribution in [1.29, 1.82) is 0 Å². The van der Waals surface area contributed by atoms with Crippen LogP contribution in [0.5, 0.6) is 0 Å². The van der Waals surface area contributed by atoms with Gasteiger partial charge in [0.25, 0.3) is 0 Å². The van der Waals surface area contributed by atoms with Gasteiger partial charge < -0.3 is 0 Å². The van der Waals surface area contributed by atoms with Gasteiger partial charge in [-0.2, -0.15) is 0 Å². The summed E-state index contributed by atoms with van der Waals surface area (Å²) < 4.78 is 0. The molecule has 1 aliphatic carbocycles.